The molecule has 0 fully saturated rings. The number of aromatic nitrogens is 4. The molecule has 0 saturated heterocycles. The summed E-state index contributed by atoms with van der Waals surface area (Å²) in [5.41, 5.74) is 3.51. The number of tetrazole rings is 1. The molecule has 1 aliphatic rings. The molecule has 29 heavy (non-hydrogen) atoms. The van der Waals surface area contributed by atoms with E-state index >= 15 is 0 Å². The van der Waals surface area contributed by atoms with Crippen molar-refractivity contribution in [3.63, 3.8) is 0 Å². The molecule has 1 unspecified atom stereocenters. The Hall–Kier alpha value is -2.19. The fourth-order valence-electron chi connectivity index (χ4n) is 3.50. The van der Waals surface area contributed by atoms with Crippen LogP contribution in [0.15, 0.2) is 40.9 Å². The lowest BCUT2D eigenvalue weighted by Gasteiger charge is -2.29. The van der Waals surface area contributed by atoms with Gasteiger partial charge >= 0.3 is 0 Å². The molecular weight excluding hydrogens is 402 g/mol. The summed E-state index contributed by atoms with van der Waals surface area (Å²) in [7, 11) is 0. The lowest BCUT2D eigenvalue weighted by Crippen LogP contribution is -2.39. The van der Waals surface area contributed by atoms with E-state index in [9.17, 15) is 4.79 Å². The molecule has 0 aliphatic carbocycles. The molecule has 3 aromatic rings. The van der Waals surface area contributed by atoms with E-state index in [1.54, 1.807) is 16.0 Å². The highest BCUT2D eigenvalue weighted by atomic mass is 32.2. The standard InChI is InChI=1S/C21H25N5OS2/c1-3-4-5-16-6-8-18(9-7-16)26-21(22-23-24-26)29-15(2)20(27)25-12-10-19-17(14-25)11-13-28-19/h6-9,11,13,15H,3-5,10,12,14H2,1-2H3. The number of hydrogen-bond acceptors (Lipinski definition) is 6. The van der Waals surface area contributed by atoms with Gasteiger partial charge in [0.05, 0.1) is 10.9 Å². The number of nitrogens with zero attached hydrogens (tertiary/aromatic N) is 5. The second-order valence-corrected chi connectivity index (χ2v) is 9.59. The normalized spacial score (nSPS) is 14.6. The van der Waals surface area contributed by atoms with Crippen LogP contribution in [-0.4, -0.2) is 42.8 Å². The minimum Gasteiger partial charge on any atom is -0.337 e. The number of thioether (sulfide) groups is 1. The first-order chi connectivity index (χ1) is 14.2. The third-order valence-electron chi connectivity index (χ3n) is 5.19. The molecule has 1 amide bonds. The van der Waals surface area contributed by atoms with Gasteiger partial charge in [0.1, 0.15) is 0 Å². The Bertz CT molecular complexity index is 966. The Morgan fingerprint density at radius 2 is 2.10 bits per heavy atom. The van der Waals surface area contributed by atoms with Gasteiger partial charge in [-0.1, -0.05) is 37.2 Å². The molecule has 152 valence electrons. The maximum Gasteiger partial charge on any atom is 0.236 e. The van der Waals surface area contributed by atoms with Gasteiger partial charge in [-0.2, -0.15) is 4.68 Å². The minimum atomic E-state index is -0.247. The van der Waals surface area contributed by atoms with E-state index in [2.05, 4.69) is 46.0 Å². The highest BCUT2D eigenvalue weighted by Crippen LogP contribution is 2.28. The van der Waals surface area contributed by atoms with Crippen molar-refractivity contribution < 1.29 is 4.79 Å². The van der Waals surface area contributed by atoms with Gasteiger partial charge in [-0.05, 0) is 71.3 Å². The van der Waals surface area contributed by atoms with E-state index in [0.717, 1.165) is 25.1 Å². The smallest absolute Gasteiger partial charge is 0.236 e. The summed E-state index contributed by atoms with van der Waals surface area (Å²) in [5.74, 6) is 0.135. The van der Waals surface area contributed by atoms with Gasteiger partial charge in [0.25, 0.3) is 0 Å². The van der Waals surface area contributed by atoms with E-state index in [4.69, 9.17) is 0 Å². The zero-order valence-corrected chi connectivity index (χ0v) is 18.4. The molecule has 3 heterocycles. The first-order valence-corrected chi connectivity index (χ1v) is 11.8. The topological polar surface area (TPSA) is 63.9 Å². The third kappa shape index (κ3) is 4.53. The van der Waals surface area contributed by atoms with Gasteiger partial charge in [0.2, 0.25) is 11.1 Å². The number of carbonyl (C=O) groups is 1. The number of hydrogen-bond donors (Lipinski definition) is 0. The molecule has 0 spiro atoms. The minimum absolute atomic E-state index is 0.135. The van der Waals surface area contributed by atoms with Crippen molar-refractivity contribution in [1.82, 2.24) is 25.1 Å². The lowest BCUT2D eigenvalue weighted by atomic mass is 10.1. The van der Waals surface area contributed by atoms with Crippen LogP contribution in [0, 0.1) is 0 Å². The van der Waals surface area contributed by atoms with Gasteiger partial charge in [0, 0.05) is 18.0 Å². The van der Waals surface area contributed by atoms with Crippen LogP contribution in [0.2, 0.25) is 0 Å². The molecule has 1 aliphatic heterocycles. The largest absolute Gasteiger partial charge is 0.337 e. The van der Waals surface area contributed by atoms with Crippen LogP contribution in [0.1, 0.15) is 42.7 Å². The lowest BCUT2D eigenvalue weighted by molar-refractivity contribution is -0.131. The number of benzene rings is 1. The second kappa shape index (κ2) is 9.09. The molecule has 1 aromatic carbocycles. The number of rotatable bonds is 7. The van der Waals surface area contributed by atoms with Crippen LogP contribution in [0.5, 0.6) is 0 Å². The van der Waals surface area contributed by atoms with Gasteiger partial charge in [-0.3, -0.25) is 4.79 Å². The van der Waals surface area contributed by atoms with E-state index in [1.165, 1.54) is 40.6 Å². The molecule has 4 rings (SSSR count). The van der Waals surface area contributed by atoms with Crippen LogP contribution >= 0.6 is 23.1 Å². The van der Waals surface area contributed by atoms with Crippen molar-refractivity contribution >= 4 is 29.0 Å². The predicted octanol–water partition coefficient (Wildman–Crippen LogP) is 4.13. The summed E-state index contributed by atoms with van der Waals surface area (Å²) in [6.45, 7) is 5.61. The molecule has 1 atom stereocenters. The molecule has 6 nitrogen and oxygen atoms in total. The van der Waals surface area contributed by atoms with Crippen LogP contribution < -0.4 is 0 Å². The van der Waals surface area contributed by atoms with Crippen LogP contribution in [0.3, 0.4) is 0 Å². The molecule has 2 aromatic heterocycles. The number of unbranched alkanes of at least 4 members (excludes halogenated alkanes) is 1. The van der Waals surface area contributed by atoms with E-state index in [0.29, 0.717) is 11.7 Å². The maximum atomic E-state index is 13.0. The number of aryl methyl sites for hydroxylation is 1. The Balaban J connectivity index is 1.42. The second-order valence-electron chi connectivity index (χ2n) is 7.28. The highest BCUT2D eigenvalue weighted by molar-refractivity contribution is 8.00. The van der Waals surface area contributed by atoms with Crippen molar-refractivity contribution in [2.75, 3.05) is 6.54 Å². The molecule has 0 bridgehead atoms. The summed E-state index contributed by atoms with van der Waals surface area (Å²) >= 11 is 3.20. The zero-order valence-electron chi connectivity index (χ0n) is 16.7. The molecule has 8 heteroatoms. The summed E-state index contributed by atoms with van der Waals surface area (Å²) < 4.78 is 1.71. The first kappa shape index (κ1) is 20.1. The quantitative estimate of drug-likeness (QED) is 0.531. The third-order valence-corrected chi connectivity index (χ3v) is 7.23. The first-order valence-electron chi connectivity index (χ1n) is 10.0. The summed E-state index contributed by atoms with van der Waals surface area (Å²) in [6, 6.07) is 10.5. The fraction of sp³-hybridized carbons (Fsp3) is 0.429. The monoisotopic (exact) mass is 427 g/mol. The van der Waals surface area contributed by atoms with Gasteiger partial charge < -0.3 is 4.90 Å². The molecule has 0 radical (unpaired) electrons. The SMILES string of the molecule is CCCCc1ccc(-n2nnnc2SC(C)C(=O)N2CCc3sccc3C2)cc1. The van der Waals surface area contributed by atoms with Crippen LogP contribution in [0.25, 0.3) is 5.69 Å². The molecule has 0 N–H and O–H groups in total. The number of thiophene rings is 1. The van der Waals surface area contributed by atoms with Crippen molar-refractivity contribution in [2.24, 2.45) is 0 Å². The van der Waals surface area contributed by atoms with Crippen molar-refractivity contribution in [1.29, 1.82) is 0 Å². The molecular formula is C21H25N5OS2. The zero-order chi connectivity index (χ0) is 20.2. The summed E-state index contributed by atoms with van der Waals surface area (Å²) in [6.07, 6.45) is 4.40. The van der Waals surface area contributed by atoms with E-state index in [1.807, 2.05) is 24.0 Å². The van der Waals surface area contributed by atoms with Crippen LogP contribution in [0.4, 0.5) is 0 Å². The van der Waals surface area contributed by atoms with Gasteiger partial charge in [-0.25, -0.2) is 0 Å². The average molecular weight is 428 g/mol. The van der Waals surface area contributed by atoms with Crippen molar-refractivity contribution in [3.8, 4) is 5.69 Å². The Kier molecular flexibility index (Phi) is 6.30. The summed E-state index contributed by atoms with van der Waals surface area (Å²) in [4.78, 5) is 16.3. The number of amides is 1. The van der Waals surface area contributed by atoms with Crippen molar-refractivity contribution in [2.45, 2.75) is 56.5 Å². The fourth-order valence-corrected chi connectivity index (χ4v) is 5.28. The Morgan fingerprint density at radius 3 is 2.90 bits per heavy atom. The highest BCUT2D eigenvalue weighted by Gasteiger charge is 2.27. The van der Waals surface area contributed by atoms with E-state index in [-0.39, 0.29) is 11.2 Å². The van der Waals surface area contributed by atoms with Gasteiger partial charge in [0.15, 0.2) is 0 Å². The van der Waals surface area contributed by atoms with E-state index < -0.39 is 0 Å². The van der Waals surface area contributed by atoms with Crippen molar-refractivity contribution in [3.05, 3.63) is 51.7 Å². The number of carbonyl (C=O) groups excluding carboxylic acids is 1. The summed E-state index contributed by atoms with van der Waals surface area (Å²) in [5, 5.41) is 14.6. The average Bonchev–Trinajstić information content (AvgIpc) is 3.40. The predicted molar refractivity (Wildman–Crippen MR) is 117 cm³/mol. The van der Waals surface area contributed by atoms with Gasteiger partial charge in [-0.15, -0.1) is 16.4 Å². The van der Waals surface area contributed by atoms with Crippen LogP contribution in [-0.2, 0) is 24.2 Å². The number of fused-ring (bicyclic) bond motifs is 1. The Labute approximate surface area is 179 Å². The Morgan fingerprint density at radius 1 is 1.28 bits per heavy atom. The maximum absolute atomic E-state index is 13.0. The molecule has 0 saturated carbocycles.